The Morgan fingerprint density at radius 1 is 0.921 bits per heavy atom. The fourth-order valence-electron chi connectivity index (χ4n) is 4.14. The lowest BCUT2D eigenvalue weighted by Crippen LogP contribution is -2.52. The molecule has 1 atom stereocenters. The summed E-state index contributed by atoms with van der Waals surface area (Å²) in [6, 6.07) is 21.2. The van der Waals surface area contributed by atoms with Crippen LogP contribution in [0.3, 0.4) is 0 Å². The second-order valence-electron chi connectivity index (χ2n) is 8.94. The van der Waals surface area contributed by atoms with E-state index in [0.29, 0.717) is 13.0 Å². The van der Waals surface area contributed by atoms with Crippen molar-refractivity contribution in [3.63, 3.8) is 0 Å². The van der Waals surface area contributed by atoms with Crippen LogP contribution in [0.4, 0.5) is 5.69 Å². The minimum Gasteiger partial charge on any atom is -0.354 e. The van der Waals surface area contributed by atoms with E-state index in [4.69, 9.17) is 11.6 Å². The lowest BCUT2D eigenvalue weighted by molar-refractivity contribution is -0.140. The zero-order valence-electron chi connectivity index (χ0n) is 21.9. The van der Waals surface area contributed by atoms with E-state index >= 15 is 0 Å². The van der Waals surface area contributed by atoms with Crippen LogP contribution >= 0.6 is 11.6 Å². The molecule has 7 nitrogen and oxygen atoms in total. The molecule has 9 heteroatoms. The Labute approximate surface area is 230 Å². The van der Waals surface area contributed by atoms with Crippen LogP contribution in [0.15, 0.2) is 83.8 Å². The summed E-state index contributed by atoms with van der Waals surface area (Å²) in [7, 11) is -4.15. The maximum Gasteiger partial charge on any atom is 0.264 e. The van der Waals surface area contributed by atoms with Gasteiger partial charge in [-0.05, 0) is 55.2 Å². The molecule has 0 aliphatic rings. The molecule has 38 heavy (non-hydrogen) atoms. The lowest BCUT2D eigenvalue weighted by Gasteiger charge is -2.33. The van der Waals surface area contributed by atoms with E-state index in [9.17, 15) is 18.0 Å². The first kappa shape index (κ1) is 29.2. The predicted molar refractivity (Wildman–Crippen MR) is 152 cm³/mol. The van der Waals surface area contributed by atoms with Crippen LogP contribution in [0.25, 0.3) is 0 Å². The summed E-state index contributed by atoms with van der Waals surface area (Å²) in [4.78, 5) is 28.6. The van der Waals surface area contributed by atoms with Crippen LogP contribution in [0.5, 0.6) is 0 Å². The number of rotatable bonds is 12. The fraction of sp³-hybridized carbons (Fsp3) is 0.310. The van der Waals surface area contributed by atoms with E-state index in [1.54, 1.807) is 42.5 Å². The number of carbonyl (C=O) groups is 2. The van der Waals surface area contributed by atoms with Gasteiger partial charge in [0.15, 0.2) is 0 Å². The van der Waals surface area contributed by atoms with Gasteiger partial charge >= 0.3 is 0 Å². The molecule has 1 unspecified atom stereocenters. The smallest absolute Gasteiger partial charge is 0.264 e. The summed E-state index contributed by atoms with van der Waals surface area (Å²) in [5.74, 6) is -0.780. The topological polar surface area (TPSA) is 86.8 Å². The molecule has 0 saturated carbocycles. The normalized spacial score (nSPS) is 12.0. The van der Waals surface area contributed by atoms with Crippen molar-refractivity contribution < 1.29 is 18.0 Å². The molecule has 0 fully saturated rings. The molecule has 0 aromatic heterocycles. The summed E-state index contributed by atoms with van der Waals surface area (Å²) in [6.45, 7) is 5.84. The van der Waals surface area contributed by atoms with Crippen molar-refractivity contribution in [1.29, 1.82) is 0 Å². The van der Waals surface area contributed by atoms with Gasteiger partial charge < -0.3 is 10.2 Å². The molecule has 3 aromatic carbocycles. The zero-order valence-corrected chi connectivity index (χ0v) is 23.5. The van der Waals surface area contributed by atoms with Crippen LogP contribution in [-0.4, -0.2) is 44.3 Å². The number of halogens is 1. The molecular weight excluding hydrogens is 522 g/mol. The van der Waals surface area contributed by atoms with Gasteiger partial charge in [-0.15, -0.1) is 0 Å². The zero-order chi connectivity index (χ0) is 27.7. The van der Waals surface area contributed by atoms with Gasteiger partial charge in [0.25, 0.3) is 10.0 Å². The molecule has 3 aromatic rings. The molecule has 0 aliphatic carbocycles. The Morgan fingerprint density at radius 2 is 1.55 bits per heavy atom. The van der Waals surface area contributed by atoms with Crippen molar-refractivity contribution in [3.8, 4) is 0 Å². The second-order valence-corrected chi connectivity index (χ2v) is 11.2. The molecule has 0 heterocycles. The molecule has 3 rings (SSSR count). The Balaban J connectivity index is 2.06. The Morgan fingerprint density at radius 3 is 2.18 bits per heavy atom. The number of anilines is 1. The van der Waals surface area contributed by atoms with Crippen LogP contribution in [-0.2, 0) is 26.2 Å². The highest BCUT2D eigenvalue weighted by atomic mass is 35.5. The van der Waals surface area contributed by atoms with Crippen molar-refractivity contribution in [1.82, 2.24) is 10.2 Å². The first-order valence-electron chi connectivity index (χ1n) is 12.6. The van der Waals surface area contributed by atoms with Crippen LogP contribution in [0, 0.1) is 6.92 Å². The van der Waals surface area contributed by atoms with Crippen LogP contribution < -0.4 is 9.62 Å². The van der Waals surface area contributed by atoms with Gasteiger partial charge in [0.05, 0.1) is 15.6 Å². The molecule has 0 radical (unpaired) electrons. The van der Waals surface area contributed by atoms with Crippen molar-refractivity contribution in [2.24, 2.45) is 0 Å². The minimum atomic E-state index is -4.15. The number of nitrogens with zero attached hydrogens (tertiary/aromatic N) is 2. The number of sulfonamides is 1. The first-order chi connectivity index (χ1) is 18.2. The highest BCUT2D eigenvalue weighted by Gasteiger charge is 2.34. The number of hydrogen-bond donors (Lipinski definition) is 1. The third-order valence-corrected chi connectivity index (χ3v) is 8.36. The van der Waals surface area contributed by atoms with Crippen molar-refractivity contribution in [3.05, 3.63) is 95.0 Å². The second kappa shape index (κ2) is 13.4. The number of nitrogens with one attached hydrogen (secondary N) is 1. The van der Waals surface area contributed by atoms with E-state index in [0.717, 1.165) is 21.9 Å². The number of hydrogen-bond acceptors (Lipinski definition) is 4. The van der Waals surface area contributed by atoms with E-state index < -0.39 is 28.5 Å². The number of para-hydroxylation sites is 1. The first-order valence-corrected chi connectivity index (χ1v) is 14.5. The minimum absolute atomic E-state index is 0.0332. The Kier molecular flexibility index (Phi) is 10.3. The van der Waals surface area contributed by atoms with Gasteiger partial charge in [-0.25, -0.2) is 8.42 Å². The van der Waals surface area contributed by atoms with E-state index in [1.807, 2.05) is 45.0 Å². The maximum atomic E-state index is 14.0. The van der Waals surface area contributed by atoms with Gasteiger partial charge in [0.1, 0.15) is 12.6 Å². The van der Waals surface area contributed by atoms with Crippen molar-refractivity contribution >= 4 is 39.1 Å². The molecule has 0 spiro atoms. The third-order valence-electron chi connectivity index (χ3n) is 6.27. The fourth-order valence-corrected chi connectivity index (χ4v) is 5.89. The van der Waals surface area contributed by atoms with Crippen LogP contribution in [0.2, 0.25) is 5.02 Å². The van der Waals surface area contributed by atoms with Gasteiger partial charge in [0, 0.05) is 13.1 Å². The average molecular weight is 556 g/mol. The molecular formula is C29H34ClN3O4S. The predicted octanol–water partition coefficient (Wildman–Crippen LogP) is 5.18. The number of amides is 2. The maximum absolute atomic E-state index is 14.0. The molecule has 202 valence electrons. The standard InChI is InChI=1S/C29H34ClN3O4S/c1-4-19-31-29(35)26(5-2)32(20-23-14-10-9-13-22(23)3)28(34)21-33(27-18-12-11-17-25(27)30)38(36,37)24-15-7-6-8-16-24/h6-18,26H,4-5,19-21H2,1-3H3,(H,31,35). The Bertz CT molecular complexity index is 1350. The highest BCUT2D eigenvalue weighted by molar-refractivity contribution is 7.92. The van der Waals surface area contributed by atoms with E-state index in [2.05, 4.69) is 5.32 Å². The van der Waals surface area contributed by atoms with Gasteiger partial charge in [-0.1, -0.05) is 80.0 Å². The highest BCUT2D eigenvalue weighted by Crippen LogP contribution is 2.30. The summed E-state index contributed by atoms with van der Waals surface area (Å²) >= 11 is 6.43. The quantitative estimate of drug-likeness (QED) is 0.334. The summed E-state index contributed by atoms with van der Waals surface area (Å²) in [5, 5.41) is 3.08. The van der Waals surface area contributed by atoms with Crippen molar-refractivity contribution in [2.45, 2.75) is 51.1 Å². The summed E-state index contributed by atoms with van der Waals surface area (Å²) in [6.07, 6.45) is 1.12. The molecule has 0 saturated heterocycles. The summed E-state index contributed by atoms with van der Waals surface area (Å²) in [5.41, 5.74) is 2.03. The van der Waals surface area contributed by atoms with Gasteiger partial charge in [-0.3, -0.25) is 13.9 Å². The number of benzene rings is 3. The van der Waals surface area contributed by atoms with Gasteiger partial charge in [0.2, 0.25) is 11.8 Å². The SMILES string of the molecule is CCCNC(=O)C(CC)N(Cc1ccccc1C)C(=O)CN(c1ccccc1Cl)S(=O)(=O)c1ccccc1. The average Bonchev–Trinajstić information content (AvgIpc) is 2.92. The van der Waals surface area contributed by atoms with E-state index in [-0.39, 0.29) is 28.1 Å². The lowest BCUT2D eigenvalue weighted by atomic mass is 10.1. The monoisotopic (exact) mass is 555 g/mol. The van der Waals surface area contributed by atoms with Crippen molar-refractivity contribution in [2.75, 3.05) is 17.4 Å². The molecule has 1 N–H and O–H groups in total. The molecule has 2 amide bonds. The Hall–Kier alpha value is -3.36. The van der Waals surface area contributed by atoms with Gasteiger partial charge in [-0.2, -0.15) is 0 Å². The molecule has 0 aliphatic heterocycles. The molecule has 0 bridgehead atoms. The van der Waals surface area contributed by atoms with Crippen LogP contribution in [0.1, 0.15) is 37.8 Å². The van der Waals surface area contributed by atoms with E-state index in [1.165, 1.54) is 17.0 Å². The number of carbonyl (C=O) groups excluding carboxylic acids is 2. The largest absolute Gasteiger partial charge is 0.354 e. The number of aryl methyl sites for hydroxylation is 1. The summed E-state index contributed by atoms with van der Waals surface area (Å²) < 4.78 is 28.6. The third kappa shape index (κ3) is 6.94.